The second-order valence-corrected chi connectivity index (χ2v) is 5.91. The molecule has 0 spiro atoms. The zero-order chi connectivity index (χ0) is 10.5. The van der Waals surface area contributed by atoms with Gasteiger partial charge in [-0.3, -0.25) is 0 Å². The Hall–Kier alpha value is 0.920. The van der Waals surface area contributed by atoms with Gasteiger partial charge in [-0.25, -0.2) is 0 Å². The highest BCUT2D eigenvalue weighted by Gasteiger charge is 2.22. The molecule has 0 unspecified atom stereocenters. The Bertz CT molecular complexity index is 136. The number of ether oxygens (including phenoxy) is 1. The molecule has 3 heteroatoms. The molecule has 0 aliphatic rings. The predicted octanol–water partition coefficient (Wildman–Crippen LogP) is 3.99. The average molecular weight is 316 g/mol. The summed E-state index contributed by atoms with van der Waals surface area (Å²) in [5.41, 5.74) is 0.296. The molecule has 13 heavy (non-hydrogen) atoms. The maximum atomic E-state index is 5.69. The Labute approximate surface area is 98.9 Å². The number of alkyl halides is 2. The van der Waals surface area contributed by atoms with E-state index < -0.39 is 0 Å². The number of hydrogen-bond donors (Lipinski definition) is 0. The average Bonchev–Trinajstić information content (AvgIpc) is 2.02. The Morgan fingerprint density at radius 3 is 1.77 bits per heavy atom. The van der Waals surface area contributed by atoms with Crippen LogP contribution in [0, 0.1) is 5.41 Å². The smallest absolute Gasteiger partial charge is 0.0598 e. The van der Waals surface area contributed by atoms with E-state index in [0.29, 0.717) is 5.41 Å². The number of rotatable bonds is 5. The normalized spacial score (nSPS) is 13.4. The van der Waals surface area contributed by atoms with Crippen molar-refractivity contribution in [3.63, 3.8) is 0 Å². The lowest BCUT2D eigenvalue weighted by molar-refractivity contribution is -0.0130. The highest BCUT2D eigenvalue weighted by molar-refractivity contribution is 9.09. The van der Waals surface area contributed by atoms with E-state index in [1.807, 2.05) is 0 Å². The van der Waals surface area contributed by atoms with Crippen LogP contribution in [0.25, 0.3) is 0 Å². The van der Waals surface area contributed by atoms with Crippen molar-refractivity contribution < 1.29 is 4.74 Å². The van der Waals surface area contributed by atoms with E-state index in [2.05, 4.69) is 59.6 Å². The first-order valence-electron chi connectivity index (χ1n) is 4.59. The van der Waals surface area contributed by atoms with Crippen molar-refractivity contribution in [1.29, 1.82) is 0 Å². The van der Waals surface area contributed by atoms with Crippen molar-refractivity contribution in [3.05, 3.63) is 0 Å². The molecule has 0 atom stereocenters. The molecule has 0 aromatic rings. The molecule has 80 valence electrons. The minimum absolute atomic E-state index is 0.0143. The zero-order valence-electron chi connectivity index (χ0n) is 8.99. The monoisotopic (exact) mass is 314 g/mol. The minimum Gasteiger partial charge on any atom is -0.376 e. The molecule has 0 aromatic carbocycles. The Balaban J connectivity index is 3.74. The topological polar surface area (TPSA) is 9.23 Å². The largest absolute Gasteiger partial charge is 0.376 e. The quantitative estimate of drug-likeness (QED) is 0.697. The van der Waals surface area contributed by atoms with Crippen molar-refractivity contribution in [3.8, 4) is 0 Å². The van der Waals surface area contributed by atoms with Crippen LogP contribution in [-0.4, -0.2) is 22.9 Å². The molecule has 0 aliphatic carbocycles. The van der Waals surface area contributed by atoms with E-state index in [1.54, 1.807) is 0 Å². The van der Waals surface area contributed by atoms with E-state index in [0.717, 1.165) is 23.7 Å². The first-order chi connectivity index (χ1) is 5.83. The summed E-state index contributed by atoms with van der Waals surface area (Å²) in [7, 11) is 0. The molecule has 0 aliphatic heterocycles. The minimum atomic E-state index is -0.0143. The van der Waals surface area contributed by atoms with Crippen molar-refractivity contribution in [2.75, 3.05) is 17.3 Å². The van der Waals surface area contributed by atoms with Crippen LogP contribution in [0.15, 0.2) is 0 Å². The van der Waals surface area contributed by atoms with Crippen LogP contribution in [0.3, 0.4) is 0 Å². The summed E-state index contributed by atoms with van der Waals surface area (Å²) < 4.78 is 5.69. The summed E-state index contributed by atoms with van der Waals surface area (Å²) in [5.74, 6) is 0. The van der Waals surface area contributed by atoms with Crippen LogP contribution >= 0.6 is 31.9 Å². The molecule has 0 radical (unpaired) electrons. The van der Waals surface area contributed by atoms with Crippen LogP contribution in [0.4, 0.5) is 0 Å². The molecule has 0 heterocycles. The third kappa shape index (κ3) is 6.92. The summed E-state index contributed by atoms with van der Waals surface area (Å²) in [6, 6.07) is 0. The zero-order valence-corrected chi connectivity index (χ0v) is 12.2. The summed E-state index contributed by atoms with van der Waals surface area (Å²) in [6.45, 7) is 9.35. The van der Waals surface area contributed by atoms with Crippen LogP contribution in [0.5, 0.6) is 0 Å². The number of halogens is 2. The van der Waals surface area contributed by atoms with Gasteiger partial charge in [-0.15, -0.1) is 0 Å². The van der Waals surface area contributed by atoms with Crippen LogP contribution < -0.4 is 0 Å². The fourth-order valence-corrected chi connectivity index (χ4v) is 2.26. The Morgan fingerprint density at radius 2 is 1.46 bits per heavy atom. The summed E-state index contributed by atoms with van der Waals surface area (Å²) in [4.78, 5) is 0. The molecular weight excluding hydrogens is 296 g/mol. The molecule has 0 N–H and O–H groups in total. The number of hydrogen-bond acceptors (Lipinski definition) is 1. The van der Waals surface area contributed by atoms with Crippen LogP contribution in [-0.2, 0) is 4.74 Å². The van der Waals surface area contributed by atoms with E-state index in [9.17, 15) is 0 Å². The van der Waals surface area contributed by atoms with E-state index in [1.165, 1.54) is 0 Å². The molecule has 0 aromatic heterocycles. The van der Waals surface area contributed by atoms with Gasteiger partial charge in [0, 0.05) is 17.3 Å². The van der Waals surface area contributed by atoms with Gasteiger partial charge in [0.2, 0.25) is 0 Å². The second kappa shape index (κ2) is 5.72. The van der Waals surface area contributed by atoms with E-state index in [-0.39, 0.29) is 5.60 Å². The van der Waals surface area contributed by atoms with Crippen molar-refractivity contribution in [2.24, 2.45) is 5.41 Å². The molecule has 0 rings (SSSR count). The molecule has 0 amide bonds. The second-order valence-electron chi connectivity index (χ2n) is 4.79. The lowest BCUT2D eigenvalue weighted by Gasteiger charge is -2.27. The maximum Gasteiger partial charge on any atom is 0.0598 e. The van der Waals surface area contributed by atoms with Crippen molar-refractivity contribution >= 4 is 31.9 Å². The van der Waals surface area contributed by atoms with Gasteiger partial charge >= 0.3 is 0 Å². The Morgan fingerprint density at radius 1 is 1.00 bits per heavy atom. The highest BCUT2D eigenvalue weighted by Crippen LogP contribution is 2.27. The van der Waals surface area contributed by atoms with Gasteiger partial charge in [-0.2, -0.15) is 0 Å². The fourth-order valence-electron chi connectivity index (χ4n) is 0.773. The first kappa shape index (κ1) is 13.9. The molecule has 1 nitrogen and oxygen atoms in total. The third-order valence-corrected chi connectivity index (χ3v) is 4.59. The van der Waals surface area contributed by atoms with Gasteiger partial charge in [-0.1, -0.05) is 38.8 Å². The summed E-state index contributed by atoms with van der Waals surface area (Å²) >= 11 is 7.05. The molecule has 0 saturated heterocycles. The van der Waals surface area contributed by atoms with Crippen LogP contribution in [0.1, 0.15) is 34.1 Å². The Kier molecular flexibility index (Phi) is 6.12. The van der Waals surface area contributed by atoms with Crippen LogP contribution in [0.2, 0.25) is 0 Å². The van der Waals surface area contributed by atoms with Crippen molar-refractivity contribution in [2.45, 2.75) is 39.7 Å². The van der Waals surface area contributed by atoms with Gasteiger partial charge in [0.15, 0.2) is 0 Å². The van der Waals surface area contributed by atoms with Gasteiger partial charge in [0.05, 0.1) is 5.60 Å². The maximum absolute atomic E-state index is 5.69. The molecular formula is C10H20Br2O. The highest BCUT2D eigenvalue weighted by atomic mass is 79.9. The summed E-state index contributed by atoms with van der Waals surface area (Å²) in [5, 5.41) is 2.03. The fraction of sp³-hybridized carbons (Fsp3) is 1.00. The van der Waals surface area contributed by atoms with Gasteiger partial charge in [0.1, 0.15) is 0 Å². The summed E-state index contributed by atoms with van der Waals surface area (Å²) in [6.07, 6.45) is 1.08. The lowest BCUT2D eigenvalue weighted by Crippen LogP contribution is -2.26. The SMILES string of the molecule is CC(CBr)(CBr)CCOC(C)(C)C. The molecule has 0 bridgehead atoms. The molecule has 0 fully saturated rings. The lowest BCUT2D eigenvalue weighted by atomic mass is 9.92. The predicted molar refractivity (Wildman–Crippen MR) is 66.0 cm³/mol. The van der Waals surface area contributed by atoms with Gasteiger partial charge < -0.3 is 4.74 Å². The van der Waals surface area contributed by atoms with E-state index >= 15 is 0 Å². The standard InChI is InChI=1S/C10H20Br2O/c1-9(2,3)13-6-5-10(4,7-11)8-12/h5-8H2,1-4H3. The first-order valence-corrected chi connectivity index (χ1v) is 6.83. The molecule has 0 saturated carbocycles. The van der Waals surface area contributed by atoms with Gasteiger partial charge in [0.25, 0.3) is 0 Å². The van der Waals surface area contributed by atoms with E-state index in [4.69, 9.17) is 4.74 Å². The third-order valence-electron chi connectivity index (χ3n) is 1.89. The van der Waals surface area contributed by atoms with Gasteiger partial charge in [-0.05, 0) is 32.6 Å². The van der Waals surface area contributed by atoms with Crippen molar-refractivity contribution in [1.82, 2.24) is 0 Å².